The minimum Gasteiger partial charge on any atom is -0.421 e. The third-order valence-corrected chi connectivity index (χ3v) is 4.75. The van der Waals surface area contributed by atoms with E-state index in [1.807, 2.05) is 23.9 Å². The van der Waals surface area contributed by atoms with Gasteiger partial charge in [0.25, 0.3) is 0 Å². The lowest BCUT2D eigenvalue weighted by molar-refractivity contribution is -0.130. The monoisotopic (exact) mass is 355 g/mol. The Morgan fingerprint density at radius 1 is 1.16 bits per heavy atom. The summed E-state index contributed by atoms with van der Waals surface area (Å²) < 4.78 is 5.62. The first kappa shape index (κ1) is 17.4. The van der Waals surface area contributed by atoms with Crippen molar-refractivity contribution in [3.63, 3.8) is 0 Å². The first-order valence-electron chi connectivity index (χ1n) is 8.32. The molecule has 1 amide bonds. The third-order valence-electron chi connectivity index (χ3n) is 4.06. The van der Waals surface area contributed by atoms with Gasteiger partial charge in [-0.15, -0.1) is 10.2 Å². The zero-order valence-corrected chi connectivity index (χ0v) is 15.3. The summed E-state index contributed by atoms with van der Waals surface area (Å²) in [6, 6.07) is 10.3. The standard InChI is InChI=1S/C19H21N3O2S/c1-3-14-4-6-15(7-5-14)12-22(2)18(23)9-8-17-20-21-19(24-17)16-10-11-25-13-16/h4-7,10-11,13H,3,8-9,12H2,1-2H3. The van der Waals surface area contributed by atoms with Crippen LogP contribution in [0.5, 0.6) is 0 Å². The Labute approximate surface area is 151 Å². The molecule has 0 spiro atoms. The van der Waals surface area contributed by atoms with Crippen molar-refractivity contribution in [1.29, 1.82) is 0 Å². The minimum absolute atomic E-state index is 0.0647. The molecule has 0 aliphatic carbocycles. The molecule has 1 aromatic carbocycles. The number of aryl methyl sites for hydroxylation is 2. The predicted octanol–water partition coefficient (Wildman–Crippen LogP) is 3.95. The molecule has 0 aliphatic rings. The van der Waals surface area contributed by atoms with Gasteiger partial charge >= 0.3 is 0 Å². The zero-order chi connectivity index (χ0) is 17.6. The fourth-order valence-electron chi connectivity index (χ4n) is 2.50. The number of hydrogen-bond donors (Lipinski definition) is 0. The normalized spacial score (nSPS) is 10.8. The number of carbonyl (C=O) groups excluding carboxylic acids is 1. The molecule has 0 N–H and O–H groups in total. The van der Waals surface area contributed by atoms with E-state index in [0.29, 0.717) is 31.2 Å². The van der Waals surface area contributed by atoms with Crippen LogP contribution in [0.4, 0.5) is 0 Å². The fourth-order valence-corrected chi connectivity index (χ4v) is 3.13. The van der Waals surface area contributed by atoms with Gasteiger partial charge in [0.05, 0.1) is 0 Å². The Bertz CT molecular complexity index is 810. The van der Waals surface area contributed by atoms with Gasteiger partial charge in [0.2, 0.25) is 17.7 Å². The van der Waals surface area contributed by atoms with Crippen LogP contribution in [0.25, 0.3) is 11.5 Å². The lowest BCUT2D eigenvalue weighted by atomic mass is 10.1. The van der Waals surface area contributed by atoms with Gasteiger partial charge in [-0.25, -0.2) is 0 Å². The van der Waals surface area contributed by atoms with Crippen molar-refractivity contribution < 1.29 is 9.21 Å². The molecule has 2 aromatic heterocycles. The molecule has 0 atom stereocenters. The SMILES string of the molecule is CCc1ccc(CN(C)C(=O)CCc2nnc(-c3ccsc3)o2)cc1. The summed E-state index contributed by atoms with van der Waals surface area (Å²) in [5.74, 6) is 1.07. The summed E-state index contributed by atoms with van der Waals surface area (Å²) >= 11 is 1.58. The van der Waals surface area contributed by atoms with E-state index in [2.05, 4.69) is 41.4 Å². The van der Waals surface area contributed by atoms with E-state index in [0.717, 1.165) is 17.5 Å². The van der Waals surface area contributed by atoms with E-state index in [4.69, 9.17) is 4.42 Å². The summed E-state index contributed by atoms with van der Waals surface area (Å²) in [4.78, 5) is 14.1. The molecule has 0 saturated carbocycles. The van der Waals surface area contributed by atoms with Crippen molar-refractivity contribution in [3.8, 4) is 11.5 Å². The summed E-state index contributed by atoms with van der Waals surface area (Å²) in [7, 11) is 1.82. The molecular weight excluding hydrogens is 334 g/mol. The second-order valence-corrected chi connectivity index (χ2v) is 6.71. The van der Waals surface area contributed by atoms with E-state index in [1.165, 1.54) is 5.56 Å². The number of hydrogen-bond acceptors (Lipinski definition) is 5. The lowest BCUT2D eigenvalue weighted by Crippen LogP contribution is -2.26. The van der Waals surface area contributed by atoms with Crippen molar-refractivity contribution in [1.82, 2.24) is 15.1 Å². The molecule has 6 heteroatoms. The van der Waals surface area contributed by atoms with E-state index < -0.39 is 0 Å². The molecule has 2 heterocycles. The Kier molecular flexibility index (Phi) is 5.60. The fraction of sp³-hybridized carbons (Fsp3) is 0.316. The van der Waals surface area contributed by atoms with E-state index >= 15 is 0 Å². The maximum Gasteiger partial charge on any atom is 0.248 e. The molecule has 0 fully saturated rings. The number of benzene rings is 1. The van der Waals surface area contributed by atoms with Crippen molar-refractivity contribution in [2.24, 2.45) is 0 Å². The topological polar surface area (TPSA) is 59.2 Å². The van der Waals surface area contributed by atoms with Gasteiger partial charge in [0.15, 0.2) is 0 Å². The zero-order valence-electron chi connectivity index (χ0n) is 14.4. The average Bonchev–Trinajstić information content (AvgIpc) is 3.31. The molecule has 0 radical (unpaired) electrons. The van der Waals surface area contributed by atoms with Crippen LogP contribution in [0.15, 0.2) is 45.5 Å². The third kappa shape index (κ3) is 4.54. The van der Waals surface area contributed by atoms with E-state index in [-0.39, 0.29) is 5.91 Å². The maximum atomic E-state index is 12.3. The summed E-state index contributed by atoms with van der Waals surface area (Å²) in [6.07, 6.45) is 1.83. The minimum atomic E-state index is 0.0647. The lowest BCUT2D eigenvalue weighted by Gasteiger charge is -2.17. The van der Waals surface area contributed by atoms with Crippen molar-refractivity contribution in [2.75, 3.05) is 7.05 Å². The van der Waals surface area contributed by atoms with Gasteiger partial charge in [0, 0.05) is 37.4 Å². The number of carbonyl (C=O) groups is 1. The Balaban J connectivity index is 1.51. The van der Waals surface area contributed by atoms with Crippen LogP contribution in [0.3, 0.4) is 0 Å². The number of aromatic nitrogens is 2. The molecular formula is C19H21N3O2S. The smallest absolute Gasteiger partial charge is 0.248 e. The molecule has 5 nitrogen and oxygen atoms in total. The highest BCUT2D eigenvalue weighted by molar-refractivity contribution is 7.08. The van der Waals surface area contributed by atoms with Gasteiger partial charge in [-0.1, -0.05) is 31.2 Å². The second kappa shape index (κ2) is 8.07. The Morgan fingerprint density at radius 3 is 2.60 bits per heavy atom. The predicted molar refractivity (Wildman–Crippen MR) is 98.2 cm³/mol. The van der Waals surface area contributed by atoms with Crippen molar-refractivity contribution >= 4 is 17.2 Å². The Hall–Kier alpha value is -2.47. The quantitative estimate of drug-likeness (QED) is 0.644. The number of amides is 1. The second-order valence-electron chi connectivity index (χ2n) is 5.93. The maximum absolute atomic E-state index is 12.3. The molecule has 0 aliphatic heterocycles. The van der Waals surface area contributed by atoms with E-state index in [1.54, 1.807) is 16.2 Å². The average molecular weight is 355 g/mol. The Morgan fingerprint density at radius 2 is 1.92 bits per heavy atom. The molecule has 130 valence electrons. The summed E-state index contributed by atoms with van der Waals surface area (Å²) in [5, 5.41) is 12.0. The largest absolute Gasteiger partial charge is 0.421 e. The van der Waals surface area contributed by atoms with Crippen molar-refractivity contribution in [2.45, 2.75) is 32.7 Å². The first-order chi connectivity index (χ1) is 12.2. The molecule has 0 unspecified atom stereocenters. The number of rotatable bonds is 7. The van der Waals surface area contributed by atoms with Gasteiger partial charge in [0.1, 0.15) is 0 Å². The molecule has 3 rings (SSSR count). The van der Waals surface area contributed by atoms with Crippen LogP contribution >= 0.6 is 11.3 Å². The number of nitrogens with zero attached hydrogens (tertiary/aromatic N) is 3. The number of thiophene rings is 1. The van der Waals surface area contributed by atoms with Crippen LogP contribution in [-0.2, 0) is 24.2 Å². The highest BCUT2D eigenvalue weighted by Crippen LogP contribution is 2.20. The van der Waals surface area contributed by atoms with Crippen LogP contribution < -0.4 is 0 Å². The van der Waals surface area contributed by atoms with Crippen LogP contribution in [0, 0.1) is 0 Å². The van der Waals surface area contributed by atoms with Crippen LogP contribution in [0.2, 0.25) is 0 Å². The first-order valence-corrected chi connectivity index (χ1v) is 9.26. The van der Waals surface area contributed by atoms with Crippen LogP contribution in [-0.4, -0.2) is 28.1 Å². The molecule has 0 saturated heterocycles. The summed E-state index contributed by atoms with van der Waals surface area (Å²) in [6.45, 7) is 2.73. The van der Waals surface area contributed by atoms with Crippen LogP contribution in [0.1, 0.15) is 30.4 Å². The molecule has 3 aromatic rings. The van der Waals surface area contributed by atoms with Crippen molar-refractivity contribution in [3.05, 3.63) is 58.1 Å². The molecule has 0 bridgehead atoms. The van der Waals surface area contributed by atoms with Gasteiger partial charge in [-0.2, -0.15) is 11.3 Å². The highest BCUT2D eigenvalue weighted by atomic mass is 32.1. The van der Waals surface area contributed by atoms with Gasteiger partial charge < -0.3 is 9.32 Å². The van der Waals surface area contributed by atoms with Gasteiger partial charge in [-0.05, 0) is 29.0 Å². The molecule has 25 heavy (non-hydrogen) atoms. The van der Waals surface area contributed by atoms with Gasteiger partial charge in [-0.3, -0.25) is 4.79 Å². The van der Waals surface area contributed by atoms with E-state index in [9.17, 15) is 4.79 Å². The highest BCUT2D eigenvalue weighted by Gasteiger charge is 2.13. The summed E-state index contributed by atoms with van der Waals surface area (Å²) in [5.41, 5.74) is 3.35.